The van der Waals surface area contributed by atoms with Gasteiger partial charge >= 0.3 is 10.2 Å². The number of likely N-dealkylation sites (tertiary alicyclic amines) is 1. The molecule has 3 aromatic rings. The van der Waals surface area contributed by atoms with Gasteiger partial charge in [0, 0.05) is 58.3 Å². The van der Waals surface area contributed by atoms with Crippen LogP contribution in [0.25, 0.3) is 22.2 Å². The fourth-order valence-corrected chi connectivity index (χ4v) is 6.45. The number of rotatable bonds is 7. The standard InChI is InChI=1S/C26H30F3N7O4S/c1-15(37)35-8-5-16(6-9-35)12-30-26-31-13-17-11-19(25(38)34(2)24(17)32-26)22-20(28)3-4-21(23(22)29)33-41(39,40)36-10-7-18(27)14-36/h3-4,11,13,16,18,33H,5-10,12,14H2,1-2H3,(H,30,31,32)/t18-/m1/s1. The first-order valence-electron chi connectivity index (χ1n) is 13.2. The zero-order valence-electron chi connectivity index (χ0n) is 22.5. The largest absolute Gasteiger partial charge is 0.354 e. The molecule has 2 fully saturated rings. The maximum absolute atomic E-state index is 15.6. The molecule has 2 aromatic heterocycles. The van der Waals surface area contributed by atoms with Crippen LogP contribution < -0.4 is 15.6 Å². The molecule has 41 heavy (non-hydrogen) atoms. The van der Waals surface area contributed by atoms with Gasteiger partial charge in [-0.2, -0.15) is 17.7 Å². The van der Waals surface area contributed by atoms with Crippen LogP contribution in [-0.4, -0.2) is 77.0 Å². The Hall–Kier alpha value is -3.72. The van der Waals surface area contributed by atoms with Crippen LogP contribution in [-0.2, 0) is 22.1 Å². The van der Waals surface area contributed by atoms with Crippen molar-refractivity contribution in [1.29, 1.82) is 0 Å². The molecule has 0 unspecified atom stereocenters. The van der Waals surface area contributed by atoms with Crippen molar-refractivity contribution in [2.24, 2.45) is 13.0 Å². The Morgan fingerprint density at radius 1 is 1.15 bits per heavy atom. The van der Waals surface area contributed by atoms with Gasteiger partial charge in [-0.3, -0.25) is 18.9 Å². The number of pyridine rings is 1. The number of nitrogens with one attached hydrogen (secondary N) is 2. The van der Waals surface area contributed by atoms with E-state index in [0.717, 1.165) is 33.8 Å². The molecule has 11 nitrogen and oxygen atoms in total. The van der Waals surface area contributed by atoms with Gasteiger partial charge in [0.2, 0.25) is 11.9 Å². The lowest BCUT2D eigenvalue weighted by atomic mass is 9.97. The number of aromatic nitrogens is 3. The summed E-state index contributed by atoms with van der Waals surface area (Å²) < 4.78 is 73.3. The minimum Gasteiger partial charge on any atom is -0.354 e. The van der Waals surface area contributed by atoms with Crippen LogP contribution in [0.2, 0.25) is 0 Å². The molecule has 2 saturated heterocycles. The van der Waals surface area contributed by atoms with E-state index in [9.17, 15) is 26.8 Å². The number of benzene rings is 1. The third-order valence-electron chi connectivity index (χ3n) is 7.59. The molecule has 2 aliphatic rings. The van der Waals surface area contributed by atoms with E-state index in [1.165, 1.54) is 19.3 Å². The van der Waals surface area contributed by atoms with Crippen molar-refractivity contribution in [3.63, 3.8) is 0 Å². The van der Waals surface area contributed by atoms with Crippen molar-refractivity contribution < 1.29 is 26.4 Å². The minimum absolute atomic E-state index is 0.0188. The van der Waals surface area contributed by atoms with E-state index >= 15 is 4.39 Å². The van der Waals surface area contributed by atoms with Gasteiger partial charge in [0.15, 0.2) is 5.82 Å². The summed E-state index contributed by atoms with van der Waals surface area (Å²) >= 11 is 0. The second kappa shape index (κ2) is 11.3. The summed E-state index contributed by atoms with van der Waals surface area (Å²) in [4.78, 5) is 35.3. The van der Waals surface area contributed by atoms with Gasteiger partial charge < -0.3 is 10.2 Å². The number of carbonyl (C=O) groups excluding carboxylic acids is 1. The average Bonchev–Trinajstić information content (AvgIpc) is 3.39. The van der Waals surface area contributed by atoms with Crippen molar-refractivity contribution in [1.82, 2.24) is 23.7 Å². The Balaban J connectivity index is 1.40. The maximum atomic E-state index is 15.6. The molecule has 0 spiro atoms. The lowest BCUT2D eigenvalue weighted by Gasteiger charge is -2.31. The van der Waals surface area contributed by atoms with Crippen LogP contribution in [0, 0.1) is 17.6 Å². The quantitative estimate of drug-likeness (QED) is 0.431. The number of halogens is 3. The van der Waals surface area contributed by atoms with E-state index in [1.54, 1.807) is 11.8 Å². The Labute approximate surface area is 234 Å². The predicted molar refractivity (Wildman–Crippen MR) is 147 cm³/mol. The van der Waals surface area contributed by atoms with Crippen LogP contribution in [0.3, 0.4) is 0 Å². The normalized spacial score (nSPS) is 18.7. The topological polar surface area (TPSA) is 130 Å². The molecule has 1 aromatic carbocycles. The predicted octanol–water partition coefficient (Wildman–Crippen LogP) is 2.64. The summed E-state index contributed by atoms with van der Waals surface area (Å²) in [6.45, 7) is 3.05. The Morgan fingerprint density at radius 2 is 1.88 bits per heavy atom. The SMILES string of the molecule is CC(=O)N1CCC(CNc2ncc3cc(-c4c(F)ccc(NS(=O)(=O)N5CC[C@@H](F)C5)c4F)c(=O)n(C)c3n2)CC1. The molecule has 15 heteroatoms. The third-order valence-corrected chi connectivity index (χ3v) is 9.08. The first-order valence-corrected chi connectivity index (χ1v) is 14.6. The van der Waals surface area contributed by atoms with Crippen molar-refractivity contribution in [2.75, 3.05) is 42.8 Å². The number of amides is 1. The highest BCUT2D eigenvalue weighted by molar-refractivity contribution is 7.90. The number of fused-ring (bicyclic) bond motifs is 1. The maximum Gasteiger partial charge on any atom is 0.301 e. The zero-order valence-corrected chi connectivity index (χ0v) is 23.3. The number of hydrogen-bond acceptors (Lipinski definition) is 7. The number of hydrogen-bond donors (Lipinski definition) is 2. The van der Waals surface area contributed by atoms with E-state index in [-0.39, 0.29) is 42.6 Å². The molecule has 0 aliphatic carbocycles. The molecule has 2 N–H and O–H groups in total. The third kappa shape index (κ3) is 5.86. The van der Waals surface area contributed by atoms with E-state index < -0.39 is 44.8 Å². The molecule has 1 atom stereocenters. The Kier molecular flexibility index (Phi) is 7.92. The fourth-order valence-electron chi connectivity index (χ4n) is 5.19. The Morgan fingerprint density at radius 3 is 2.54 bits per heavy atom. The zero-order chi connectivity index (χ0) is 29.5. The van der Waals surface area contributed by atoms with Crippen molar-refractivity contribution in [2.45, 2.75) is 32.4 Å². The highest BCUT2D eigenvalue weighted by Crippen LogP contribution is 2.31. The molecule has 0 saturated carbocycles. The molecule has 220 valence electrons. The summed E-state index contributed by atoms with van der Waals surface area (Å²) in [5, 5.41) is 3.49. The molecule has 0 bridgehead atoms. The van der Waals surface area contributed by atoms with Gasteiger partial charge in [-0.15, -0.1) is 0 Å². The number of piperidine rings is 1. The van der Waals surface area contributed by atoms with E-state index in [0.29, 0.717) is 30.9 Å². The van der Waals surface area contributed by atoms with E-state index in [4.69, 9.17) is 0 Å². The van der Waals surface area contributed by atoms with E-state index in [2.05, 4.69) is 15.3 Å². The van der Waals surface area contributed by atoms with Gasteiger partial charge in [0.25, 0.3) is 5.56 Å². The lowest BCUT2D eigenvalue weighted by molar-refractivity contribution is -0.130. The van der Waals surface area contributed by atoms with Crippen molar-refractivity contribution in [3.8, 4) is 11.1 Å². The highest BCUT2D eigenvalue weighted by atomic mass is 32.2. The first-order chi connectivity index (χ1) is 19.4. The van der Waals surface area contributed by atoms with Crippen LogP contribution in [0.1, 0.15) is 26.2 Å². The summed E-state index contributed by atoms with van der Waals surface area (Å²) in [5.74, 6) is -1.70. The number of alkyl halides is 1. The molecule has 0 radical (unpaired) electrons. The molecule has 2 aliphatic heterocycles. The summed E-state index contributed by atoms with van der Waals surface area (Å²) in [5.41, 5.74) is -2.15. The number of anilines is 2. The Bertz CT molecular complexity index is 1660. The summed E-state index contributed by atoms with van der Waals surface area (Å²) in [6.07, 6.45) is 1.79. The second-order valence-electron chi connectivity index (χ2n) is 10.4. The second-order valence-corrected chi connectivity index (χ2v) is 12.0. The molecular weight excluding hydrogens is 563 g/mol. The smallest absolute Gasteiger partial charge is 0.301 e. The molecule has 4 heterocycles. The van der Waals surface area contributed by atoms with Crippen LogP contribution in [0.5, 0.6) is 0 Å². The van der Waals surface area contributed by atoms with Crippen LogP contribution in [0.4, 0.5) is 24.8 Å². The number of carbonyl (C=O) groups is 1. The average molecular weight is 594 g/mol. The monoisotopic (exact) mass is 593 g/mol. The van der Waals surface area contributed by atoms with Gasteiger partial charge in [0.05, 0.1) is 16.8 Å². The van der Waals surface area contributed by atoms with Crippen molar-refractivity contribution >= 4 is 38.8 Å². The van der Waals surface area contributed by atoms with Gasteiger partial charge in [-0.05, 0) is 43.4 Å². The number of aryl methyl sites for hydroxylation is 1. The molecule has 1 amide bonds. The fraction of sp³-hybridized carbons (Fsp3) is 0.462. The van der Waals surface area contributed by atoms with Gasteiger partial charge in [-0.1, -0.05) is 0 Å². The van der Waals surface area contributed by atoms with E-state index in [1.807, 2.05) is 4.72 Å². The lowest BCUT2D eigenvalue weighted by Crippen LogP contribution is -2.38. The van der Waals surface area contributed by atoms with Gasteiger partial charge in [-0.25, -0.2) is 18.2 Å². The summed E-state index contributed by atoms with van der Waals surface area (Å²) in [7, 11) is -2.90. The molecular formula is C26H30F3N7O4S. The minimum atomic E-state index is -4.31. The summed E-state index contributed by atoms with van der Waals surface area (Å²) in [6, 6.07) is 3.02. The number of nitrogens with zero attached hydrogens (tertiary/aromatic N) is 5. The molecule has 5 rings (SSSR count). The van der Waals surface area contributed by atoms with Crippen LogP contribution in [0.15, 0.2) is 29.2 Å². The highest BCUT2D eigenvalue weighted by Gasteiger charge is 2.32. The van der Waals surface area contributed by atoms with Crippen molar-refractivity contribution in [3.05, 3.63) is 46.4 Å². The first kappa shape index (κ1) is 28.8. The van der Waals surface area contributed by atoms with Crippen LogP contribution >= 0.6 is 0 Å². The van der Waals surface area contributed by atoms with Gasteiger partial charge in [0.1, 0.15) is 17.6 Å².